The molecule has 0 aliphatic heterocycles. The van der Waals surface area contributed by atoms with Crippen LogP contribution in [0.1, 0.15) is 5.56 Å². The molecule has 0 atom stereocenters. The van der Waals surface area contributed by atoms with Crippen molar-refractivity contribution < 1.29 is 0 Å². The molecule has 0 bridgehead atoms. The van der Waals surface area contributed by atoms with Crippen molar-refractivity contribution in [1.29, 1.82) is 0 Å². The highest BCUT2D eigenvalue weighted by atomic mass is 79.9. The second-order valence-electron chi connectivity index (χ2n) is 4.61. The van der Waals surface area contributed by atoms with Gasteiger partial charge in [-0.05, 0) is 39.7 Å². The molecule has 1 aromatic heterocycles. The molecule has 106 valence electrons. The van der Waals surface area contributed by atoms with Crippen LogP contribution in [0, 0.1) is 0 Å². The van der Waals surface area contributed by atoms with Crippen molar-refractivity contribution in [3.63, 3.8) is 0 Å². The maximum Gasteiger partial charge on any atom is 0.0700 e. The molecule has 0 aliphatic rings. The molecule has 0 saturated heterocycles. The summed E-state index contributed by atoms with van der Waals surface area (Å²) < 4.78 is 0.944. The number of H-pyrrole nitrogens is 1. The molecule has 0 aliphatic carbocycles. The molecular weight excluding hydrogens is 350 g/mol. The summed E-state index contributed by atoms with van der Waals surface area (Å²) in [7, 11) is 0. The van der Waals surface area contributed by atoms with E-state index in [1.165, 1.54) is 0 Å². The summed E-state index contributed by atoms with van der Waals surface area (Å²) in [6, 6.07) is 15.9. The summed E-state index contributed by atoms with van der Waals surface area (Å²) in [5.74, 6) is 0. The van der Waals surface area contributed by atoms with E-state index in [0.717, 1.165) is 27.0 Å². The number of hydrogen-bond acceptors (Lipinski definition) is 2. The first-order chi connectivity index (χ1) is 10.2. The quantitative estimate of drug-likeness (QED) is 0.677. The molecule has 0 radical (unpaired) electrons. The van der Waals surface area contributed by atoms with Gasteiger partial charge in [0, 0.05) is 27.3 Å². The fourth-order valence-electron chi connectivity index (χ4n) is 2.12. The standard InChI is InChI=1S/C16H13BrClN3/c17-14-8-13(18)6-7-15(14)19-9-12-10-20-21-16(12)11-4-2-1-3-5-11/h1-8,10,19H,9H2,(H,20,21). The third-order valence-corrected chi connectivity index (χ3v) is 4.07. The van der Waals surface area contributed by atoms with Gasteiger partial charge in [-0.25, -0.2) is 0 Å². The van der Waals surface area contributed by atoms with E-state index in [1.54, 1.807) is 0 Å². The fourth-order valence-corrected chi connectivity index (χ4v) is 2.95. The Labute approximate surface area is 136 Å². The van der Waals surface area contributed by atoms with Crippen molar-refractivity contribution in [2.24, 2.45) is 0 Å². The van der Waals surface area contributed by atoms with Crippen LogP contribution in [-0.2, 0) is 6.54 Å². The second-order valence-corrected chi connectivity index (χ2v) is 5.90. The average molecular weight is 363 g/mol. The molecular formula is C16H13BrClN3. The first-order valence-corrected chi connectivity index (χ1v) is 7.68. The topological polar surface area (TPSA) is 40.7 Å². The molecule has 0 fully saturated rings. The lowest BCUT2D eigenvalue weighted by atomic mass is 10.1. The van der Waals surface area contributed by atoms with Gasteiger partial charge in [0.15, 0.2) is 0 Å². The summed E-state index contributed by atoms with van der Waals surface area (Å²) in [5.41, 5.74) is 4.28. The van der Waals surface area contributed by atoms with Crippen LogP contribution >= 0.6 is 27.5 Å². The van der Waals surface area contributed by atoms with E-state index < -0.39 is 0 Å². The lowest BCUT2D eigenvalue weighted by Gasteiger charge is -2.09. The fraction of sp³-hybridized carbons (Fsp3) is 0.0625. The Morgan fingerprint density at radius 1 is 1.14 bits per heavy atom. The van der Waals surface area contributed by atoms with Gasteiger partial charge in [-0.3, -0.25) is 5.10 Å². The predicted octanol–water partition coefficient (Wildman–Crippen LogP) is 5.10. The molecule has 3 nitrogen and oxygen atoms in total. The van der Waals surface area contributed by atoms with Crippen LogP contribution in [0.2, 0.25) is 5.02 Å². The maximum absolute atomic E-state index is 5.95. The molecule has 3 rings (SSSR count). The largest absolute Gasteiger partial charge is 0.380 e. The molecule has 0 saturated carbocycles. The third-order valence-electron chi connectivity index (χ3n) is 3.18. The average Bonchev–Trinajstić information content (AvgIpc) is 2.96. The number of nitrogens with one attached hydrogen (secondary N) is 2. The van der Waals surface area contributed by atoms with Crippen molar-refractivity contribution in [1.82, 2.24) is 10.2 Å². The Morgan fingerprint density at radius 3 is 2.71 bits per heavy atom. The van der Waals surface area contributed by atoms with E-state index >= 15 is 0 Å². The van der Waals surface area contributed by atoms with Gasteiger partial charge in [0.2, 0.25) is 0 Å². The predicted molar refractivity (Wildman–Crippen MR) is 90.5 cm³/mol. The van der Waals surface area contributed by atoms with Crippen LogP contribution in [-0.4, -0.2) is 10.2 Å². The molecule has 2 aromatic carbocycles. The van der Waals surface area contributed by atoms with Gasteiger partial charge >= 0.3 is 0 Å². The number of benzene rings is 2. The first kappa shape index (κ1) is 14.2. The van der Waals surface area contributed by atoms with Gasteiger partial charge in [-0.1, -0.05) is 41.9 Å². The van der Waals surface area contributed by atoms with E-state index in [-0.39, 0.29) is 0 Å². The number of halogens is 2. The van der Waals surface area contributed by atoms with Gasteiger partial charge in [0.1, 0.15) is 0 Å². The van der Waals surface area contributed by atoms with Gasteiger partial charge in [0.05, 0.1) is 11.9 Å². The normalized spacial score (nSPS) is 10.6. The second kappa shape index (κ2) is 6.33. The van der Waals surface area contributed by atoms with Crippen LogP contribution in [0.25, 0.3) is 11.3 Å². The number of aromatic amines is 1. The molecule has 0 unspecified atom stereocenters. The highest BCUT2D eigenvalue weighted by molar-refractivity contribution is 9.10. The van der Waals surface area contributed by atoms with Gasteiger partial charge in [0.25, 0.3) is 0 Å². The van der Waals surface area contributed by atoms with Gasteiger partial charge in [-0.15, -0.1) is 0 Å². The summed E-state index contributed by atoms with van der Waals surface area (Å²) in [6.07, 6.45) is 1.85. The van der Waals surface area contributed by atoms with Gasteiger partial charge < -0.3 is 5.32 Å². The zero-order valence-electron chi connectivity index (χ0n) is 11.1. The number of hydrogen-bond donors (Lipinski definition) is 2. The Morgan fingerprint density at radius 2 is 1.95 bits per heavy atom. The molecule has 2 N–H and O–H groups in total. The van der Waals surface area contributed by atoms with Crippen LogP contribution in [0.4, 0.5) is 5.69 Å². The van der Waals surface area contributed by atoms with Crippen molar-refractivity contribution in [3.05, 3.63) is 69.8 Å². The van der Waals surface area contributed by atoms with Crippen LogP contribution in [0.15, 0.2) is 59.2 Å². The van der Waals surface area contributed by atoms with Crippen LogP contribution < -0.4 is 5.32 Å². The first-order valence-electron chi connectivity index (χ1n) is 6.50. The summed E-state index contributed by atoms with van der Waals surface area (Å²) in [6.45, 7) is 0.682. The number of nitrogens with zero attached hydrogens (tertiary/aromatic N) is 1. The zero-order valence-corrected chi connectivity index (χ0v) is 13.4. The van der Waals surface area contributed by atoms with Crippen molar-refractivity contribution >= 4 is 33.2 Å². The minimum absolute atomic E-state index is 0.682. The summed E-state index contributed by atoms with van der Waals surface area (Å²) in [5, 5.41) is 11.3. The van der Waals surface area contributed by atoms with E-state index in [4.69, 9.17) is 11.6 Å². The Kier molecular flexibility index (Phi) is 4.27. The number of anilines is 1. The van der Waals surface area contributed by atoms with Crippen LogP contribution in [0.5, 0.6) is 0 Å². The molecule has 1 heterocycles. The van der Waals surface area contributed by atoms with Crippen molar-refractivity contribution in [3.8, 4) is 11.3 Å². The van der Waals surface area contributed by atoms with Crippen molar-refractivity contribution in [2.75, 3.05) is 5.32 Å². The van der Waals surface area contributed by atoms with E-state index in [9.17, 15) is 0 Å². The maximum atomic E-state index is 5.95. The SMILES string of the molecule is Clc1ccc(NCc2cn[nH]c2-c2ccccc2)c(Br)c1. The highest BCUT2D eigenvalue weighted by Crippen LogP contribution is 2.27. The van der Waals surface area contributed by atoms with Crippen molar-refractivity contribution in [2.45, 2.75) is 6.54 Å². The smallest absolute Gasteiger partial charge is 0.0700 e. The Hall–Kier alpha value is -1.78. The monoisotopic (exact) mass is 361 g/mol. The van der Waals surface area contributed by atoms with E-state index in [1.807, 2.05) is 42.6 Å². The summed E-state index contributed by atoms with van der Waals surface area (Å²) in [4.78, 5) is 0. The minimum atomic E-state index is 0.682. The Balaban J connectivity index is 1.79. The van der Waals surface area contributed by atoms with E-state index in [0.29, 0.717) is 11.6 Å². The third kappa shape index (κ3) is 3.28. The Bertz CT molecular complexity index is 740. The van der Waals surface area contributed by atoms with E-state index in [2.05, 4.69) is 43.6 Å². The zero-order chi connectivity index (χ0) is 14.7. The highest BCUT2D eigenvalue weighted by Gasteiger charge is 2.08. The lowest BCUT2D eigenvalue weighted by molar-refractivity contribution is 1.10. The lowest BCUT2D eigenvalue weighted by Crippen LogP contribution is -2.00. The van der Waals surface area contributed by atoms with Gasteiger partial charge in [-0.2, -0.15) is 5.10 Å². The number of aromatic nitrogens is 2. The van der Waals surface area contributed by atoms with Crippen LogP contribution in [0.3, 0.4) is 0 Å². The molecule has 5 heteroatoms. The molecule has 0 amide bonds. The minimum Gasteiger partial charge on any atom is -0.380 e. The number of rotatable bonds is 4. The molecule has 0 spiro atoms. The summed E-state index contributed by atoms with van der Waals surface area (Å²) >= 11 is 9.45. The molecule has 3 aromatic rings. The molecule has 21 heavy (non-hydrogen) atoms.